The quantitative estimate of drug-likeness (QED) is 0.192. The lowest BCUT2D eigenvalue weighted by Gasteiger charge is -2.10. The zero-order chi connectivity index (χ0) is 30.9. The van der Waals surface area contributed by atoms with E-state index in [9.17, 15) is 0 Å². The predicted molar refractivity (Wildman–Crippen MR) is 200 cm³/mol. The van der Waals surface area contributed by atoms with Crippen LogP contribution >= 0.6 is 11.3 Å². The van der Waals surface area contributed by atoms with Gasteiger partial charge in [-0.15, -0.1) is 11.3 Å². The highest BCUT2D eigenvalue weighted by Gasteiger charge is 2.20. The summed E-state index contributed by atoms with van der Waals surface area (Å²) in [6.45, 7) is 0. The molecule has 0 amide bonds. The minimum absolute atomic E-state index is 0.905. The lowest BCUT2D eigenvalue weighted by atomic mass is 9.95. The van der Waals surface area contributed by atoms with Crippen molar-refractivity contribution in [3.63, 3.8) is 0 Å². The van der Waals surface area contributed by atoms with Crippen molar-refractivity contribution < 1.29 is 4.42 Å². The Hall–Kier alpha value is -5.90. The van der Waals surface area contributed by atoms with Crippen LogP contribution in [-0.2, 0) is 0 Å². The van der Waals surface area contributed by atoms with Gasteiger partial charge in [-0.05, 0) is 58.1 Å². The second-order valence-corrected chi connectivity index (χ2v) is 13.1. The average molecular weight is 618 g/mol. The Morgan fingerprint density at radius 1 is 0.447 bits per heavy atom. The monoisotopic (exact) mass is 617 g/mol. The van der Waals surface area contributed by atoms with Crippen LogP contribution in [0.3, 0.4) is 0 Å². The molecule has 0 saturated heterocycles. The Balaban J connectivity index is 1.18. The van der Waals surface area contributed by atoms with Crippen LogP contribution in [0.5, 0.6) is 0 Å². The van der Waals surface area contributed by atoms with Crippen LogP contribution in [0.1, 0.15) is 0 Å². The molecule has 0 aliphatic carbocycles. The predicted octanol–water partition coefficient (Wildman–Crippen LogP) is 12.9. The molecule has 0 radical (unpaired) electrons. The molecule has 2 nitrogen and oxygen atoms in total. The third kappa shape index (κ3) is 3.97. The molecule has 220 valence electrons. The van der Waals surface area contributed by atoms with Gasteiger partial charge in [-0.3, -0.25) is 0 Å². The summed E-state index contributed by atoms with van der Waals surface area (Å²) in [5.41, 5.74) is 12.6. The van der Waals surface area contributed by atoms with Gasteiger partial charge < -0.3 is 8.98 Å². The van der Waals surface area contributed by atoms with E-state index in [1.165, 1.54) is 59.1 Å². The summed E-state index contributed by atoms with van der Waals surface area (Å²) in [5, 5.41) is 4.87. The summed E-state index contributed by atoms with van der Waals surface area (Å²) >= 11 is 1.90. The average Bonchev–Trinajstić information content (AvgIpc) is 3.81. The second kappa shape index (κ2) is 10.3. The molecular formula is C44H27NOS. The Labute approximate surface area is 275 Å². The summed E-state index contributed by atoms with van der Waals surface area (Å²) in [5.74, 6) is 0. The van der Waals surface area contributed by atoms with Crippen LogP contribution in [0, 0.1) is 0 Å². The number of rotatable bonds is 4. The highest BCUT2D eigenvalue weighted by Crippen LogP contribution is 2.46. The molecule has 10 rings (SSSR count). The maximum absolute atomic E-state index is 6.58. The fraction of sp³-hybridized carbons (Fsp3) is 0. The second-order valence-electron chi connectivity index (χ2n) is 12.1. The number of nitrogens with zero attached hydrogens (tertiary/aromatic N) is 1. The Morgan fingerprint density at radius 3 is 1.91 bits per heavy atom. The molecule has 0 unspecified atom stereocenters. The van der Waals surface area contributed by atoms with Crippen molar-refractivity contribution in [2.24, 2.45) is 0 Å². The highest BCUT2D eigenvalue weighted by atomic mass is 32.1. The van der Waals surface area contributed by atoms with Gasteiger partial charge in [0.2, 0.25) is 0 Å². The van der Waals surface area contributed by atoms with Gasteiger partial charge in [0.1, 0.15) is 11.2 Å². The molecule has 0 spiro atoms. The third-order valence-corrected chi connectivity index (χ3v) is 10.7. The van der Waals surface area contributed by atoms with Gasteiger partial charge in [-0.2, -0.15) is 0 Å². The molecule has 0 saturated carbocycles. The number of hydrogen-bond donors (Lipinski definition) is 0. The highest BCUT2D eigenvalue weighted by molar-refractivity contribution is 7.27. The number of hydrogen-bond acceptors (Lipinski definition) is 2. The Morgan fingerprint density at radius 2 is 1.06 bits per heavy atom. The topological polar surface area (TPSA) is 18.1 Å². The van der Waals surface area contributed by atoms with E-state index < -0.39 is 0 Å². The van der Waals surface area contributed by atoms with Crippen LogP contribution in [0.4, 0.5) is 0 Å². The lowest BCUT2D eigenvalue weighted by molar-refractivity contribution is 0.670. The molecule has 10 aromatic rings. The van der Waals surface area contributed by atoms with Crippen molar-refractivity contribution in [3.8, 4) is 39.1 Å². The largest absolute Gasteiger partial charge is 0.455 e. The van der Waals surface area contributed by atoms with Crippen LogP contribution < -0.4 is 0 Å². The lowest BCUT2D eigenvalue weighted by Crippen LogP contribution is -1.92. The van der Waals surface area contributed by atoms with E-state index in [1.54, 1.807) is 0 Å². The number of benzene rings is 7. The summed E-state index contributed by atoms with van der Waals surface area (Å²) in [6, 6.07) is 58.6. The Kier molecular flexibility index (Phi) is 5.78. The van der Waals surface area contributed by atoms with Gasteiger partial charge in [0, 0.05) is 37.5 Å². The van der Waals surface area contributed by atoms with Gasteiger partial charge in [0.05, 0.1) is 15.7 Å². The fourth-order valence-corrected chi connectivity index (χ4v) is 8.71. The zero-order valence-corrected chi connectivity index (χ0v) is 26.2. The SMILES string of the molecule is c1ccc(-c2cccc3c2oc2cccc(-c4cccc(-c5cccc6c5sc5c7ccccc7n(-c7ccccc7)c65)c4)c23)cc1. The number of fused-ring (bicyclic) bond motifs is 8. The summed E-state index contributed by atoms with van der Waals surface area (Å²) in [6.07, 6.45) is 0. The van der Waals surface area contributed by atoms with E-state index in [-0.39, 0.29) is 0 Å². The first-order valence-electron chi connectivity index (χ1n) is 15.9. The molecule has 0 bridgehead atoms. The minimum Gasteiger partial charge on any atom is -0.455 e. The number of para-hydroxylation sites is 3. The molecule has 3 heteroatoms. The van der Waals surface area contributed by atoms with Crippen LogP contribution in [0.2, 0.25) is 0 Å². The molecule has 47 heavy (non-hydrogen) atoms. The molecule has 7 aromatic carbocycles. The van der Waals surface area contributed by atoms with Gasteiger partial charge in [0.15, 0.2) is 0 Å². The normalized spacial score (nSPS) is 11.8. The van der Waals surface area contributed by atoms with Gasteiger partial charge >= 0.3 is 0 Å². The third-order valence-electron chi connectivity index (χ3n) is 9.41. The molecule has 0 atom stereocenters. The van der Waals surface area contributed by atoms with Crippen LogP contribution in [0.25, 0.3) is 92.2 Å². The Bertz CT molecular complexity index is 2780. The molecule has 0 N–H and O–H groups in total. The van der Waals surface area contributed by atoms with Crippen molar-refractivity contribution in [2.75, 3.05) is 0 Å². The molecule has 0 fully saturated rings. The molecule has 0 aliphatic heterocycles. The standard InChI is InChI=1S/C44H27NOS/c1-3-13-28(14-4-1)33-21-10-23-36-40-32(20-12-26-39(40)46-42(33)36)29-15-9-16-30(27-29)34-22-11-24-37-41-44(47-43(34)37)35-19-7-8-25-38(35)45(41)31-17-5-2-6-18-31/h1-27H. The van der Waals surface area contributed by atoms with Crippen molar-refractivity contribution in [1.29, 1.82) is 0 Å². The van der Waals surface area contributed by atoms with E-state index in [0.717, 1.165) is 33.1 Å². The maximum Gasteiger partial charge on any atom is 0.143 e. The van der Waals surface area contributed by atoms with Crippen LogP contribution in [0.15, 0.2) is 168 Å². The van der Waals surface area contributed by atoms with Crippen molar-refractivity contribution in [3.05, 3.63) is 164 Å². The van der Waals surface area contributed by atoms with Gasteiger partial charge in [0.25, 0.3) is 0 Å². The molecule has 3 aromatic heterocycles. The van der Waals surface area contributed by atoms with E-state index in [0.29, 0.717) is 0 Å². The summed E-state index contributed by atoms with van der Waals surface area (Å²) < 4.78 is 11.6. The van der Waals surface area contributed by atoms with Crippen LogP contribution in [-0.4, -0.2) is 4.57 Å². The number of thiophene rings is 1. The zero-order valence-electron chi connectivity index (χ0n) is 25.4. The minimum atomic E-state index is 0.905. The van der Waals surface area contributed by atoms with Gasteiger partial charge in [-0.25, -0.2) is 0 Å². The first-order valence-corrected chi connectivity index (χ1v) is 16.8. The van der Waals surface area contributed by atoms with Crippen molar-refractivity contribution in [1.82, 2.24) is 4.57 Å². The molecule has 3 heterocycles. The van der Waals surface area contributed by atoms with E-state index >= 15 is 0 Å². The van der Waals surface area contributed by atoms with Crippen molar-refractivity contribution >= 4 is 64.5 Å². The van der Waals surface area contributed by atoms with Crippen molar-refractivity contribution in [2.45, 2.75) is 0 Å². The smallest absolute Gasteiger partial charge is 0.143 e. The molecule has 0 aliphatic rings. The maximum atomic E-state index is 6.58. The first-order chi connectivity index (χ1) is 23.3. The van der Waals surface area contributed by atoms with E-state index in [1.807, 2.05) is 11.3 Å². The first kappa shape index (κ1) is 26.3. The summed E-state index contributed by atoms with van der Waals surface area (Å²) in [7, 11) is 0. The molecular weight excluding hydrogens is 591 g/mol. The fourth-order valence-electron chi connectivity index (χ4n) is 7.35. The van der Waals surface area contributed by atoms with E-state index in [4.69, 9.17) is 4.42 Å². The van der Waals surface area contributed by atoms with Gasteiger partial charge in [-0.1, -0.05) is 133 Å². The number of aromatic nitrogens is 1. The summed E-state index contributed by atoms with van der Waals surface area (Å²) in [4.78, 5) is 0. The number of furan rings is 1. The van der Waals surface area contributed by atoms with E-state index in [2.05, 4.69) is 168 Å².